The lowest BCUT2D eigenvalue weighted by Gasteiger charge is -2.16. The Morgan fingerprint density at radius 2 is 1.88 bits per heavy atom. The predicted octanol–water partition coefficient (Wildman–Crippen LogP) is 3.34. The van der Waals surface area contributed by atoms with E-state index >= 15 is 0 Å². The number of methoxy groups -OCH3 is 1. The van der Waals surface area contributed by atoms with Gasteiger partial charge in [0.05, 0.1) is 18.6 Å². The zero-order valence-electron chi connectivity index (χ0n) is 17.4. The number of ketones is 1. The van der Waals surface area contributed by atoms with Crippen LogP contribution in [0.15, 0.2) is 48.5 Å². The van der Waals surface area contributed by atoms with E-state index in [0.29, 0.717) is 10.6 Å². The molecule has 32 heavy (non-hydrogen) atoms. The van der Waals surface area contributed by atoms with Gasteiger partial charge < -0.3 is 9.47 Å². The molecular formula is C22H21ClN2O7. The monoisotopic (exact) mass is 460 g/mol. The van der Waals surface area contributed by atoms with Gasteiger partial charge in [-0.15, -0.1) is 0 Å². The summed E-state index contributed by atoms with van der Waals surface area (Å²) in [7, 11) is 1.22. The summed E-state index contributed by atoms with van der Waals surface area (Å²) in [5, 5.41) is 14.7. The zero-order valence-corrected chi connectivity index (χ0v) is 18.1. The van der Waals surface area contributed by atoms with Gasteiger partial charge in [0, 0.05) is 34.8 Å². The summed E-state index contributed by atoms with van der Waals surface area (Å²) in [5.74, 6) is -1.95. The Morgan fingerprint density at radius 1 is 1.19 bits per heavy atom. The first-order valence-electron chi connectivity index (χ1n) is 9.50. The van der Waals surface area contributed by atoms with Crippen LogP contribution in [0, 0.1) is 10.1 Å². The molecular weight excluding hydrogens is 440 g/mol. The topological polar surface area (TPSA) is 125 Å². The van der Waals surface area contributed by atoms with E-state index in [1.54, 1.807) is 13.0 Å². The largest absolute Gasteiger partial charge is 0.466 e. The van der Waals surface area contributed by atoms with E-state index in [1.807, 2.05) is 0 Å². The maximum Gasteiger partial charge on any atom is 0.331 e. The highest BCUT2D eigenvalue weighted by molar-refractivity contribution is 6.30. The van der Waals surface area contributed by atoms with Gasteiger partial charge in [0.15, 0.2) is 11.8 Å². The van der Waals surface area contributed by atoms with E-state index in [2.05, 4.69) is 10.1 Å². The average Bonchev–Trinajstić information content (AvgIpc) is 2.78. The second-order valence-corrected chi connectivity index (χ2v) is 6.88. The van der Waals surface area contributed by atoms with Crippen LogP contribution >= 0.6 is 11.6 Å². The third-order valence-electron chi connectivity index (χ3n) is 4.33. The van der Waals surface area contributed by atoms with Crippen LogP contribution in [0.4, 0.5) is 5.69 Å². The number of nitrogens with one attached hydrogen (secondary N) is 1. The SMILES string of the molecule is CCOC(=O)C(NCc1ccc(/C=C/C(=O)OC)cc1[N+](=O)[O-])C(=O)c1ccc(Cl)cc1. The summed E-state index contributed by atoms with van der Waals surface area (Å²) >= 11 is 5.84. The Morgan fingerprint density at radius 3 is 2.47 bits per heavy atom. The molecule has 2 rings (SSSR count). The van der Waals surface area contributed by atoms with Crippen molar-refractivity contribution >= 4 is 41.1 Å². The number of Topliss-reactive ketones (excluding diaryl/α,β-unsaturated/α-hetero) is 1. The van der Waals surface area contributed by atoms with E-state index in [0.717, 1.165) is 6.08 Å². The Hall–Kier alpha value is -3.56. The molecule has 168 valence electrons. The molecule has 0 aliphatic carbocycles. The van der Waals surface area contributed by atoms with Gasteiger partial charge in [-0.25, -0.2) is 9.59 Å². The van der Waals surface area contributed by atoms with Gasteiger partial charge in [-0.2, -0.15) is 0 Å². The van der Waals surface area contributed by atoms with Crippen LogP contribution in [0.1, 0.15) is 28.4 Å². The standard InChI is InChI=1S/C22H21ClN2O7/c1-3-32-22(28)20(21(27)15-7-9-17(23)10-8-15)24-13-16-6-4-14(5-11-19(26)31-2)12-18(16)25(29)30/h4-12,20,24H,3,13H2,1-2H3/b11-5+. The highest BCUT2D eigenvalue weighted by Crippen LogP contribution is 2.22. The number of carbonyl (C=O) groups excluding carboxylic acids is 3. The molecule has 0 heterocycles. The number of benzene rings is 2. The molecule has 0 fully saturated rings. The first-order chi connectivity index (χ1) is 15.3. The van der Waals surface area contributed by atoms with Crippen molar-refractivity contribution in [2.24, 2.45) is 0 Å². The van der Waals surface area contributed by atoms with Crippen LogP contribution in [0.3, 0.4) is 0 Å². The number of rotatable bonds is 10. The van der Waals surface area contributed by atoms with Crippen molar-refractivity contribution in [2.75, 3.05) is 13.7 Å². The maximum absolute atomic E-state index is 12.9. The van der Waals surface area contributed by atoms with Gasteiger partial charge in [-0.3, -0.25) is 20.2 Å². The second kappa shape index (κ2) is 11.7. The van der Waals surface area contributed by atoms with E-state index in [9.17, 15) is 24.5 Å². The number of hydrogen-bond acceptors (Lipinski definition) is 8. The highest BCUT2D eigenvalue weighted by atomic mass is 35.5. The fourth-order valence-corrected chi connectivity index (χ4v) is 2.86. The second-order valence-electron chi connectivity index (χ2n) is 6.44. The van der Waals surface area contributed by atoms with Crippen molar-refractivity contribution in [3.63, 3.8) is 0 Å². The molecule has 10 heteroatoms. The molecule has 0 saturated heterocycles. The smallest absolute Gasteiger partial charge is 0.331 e. The van der Waals surface area contributed by atoms with E-state index in [4.69, 9.17) is 16.3 Å². The van der Waals surface area contributed by atoms with Crippen LogP contribution in [-0.4, -0.2) is 42.4 Å². The van der Waals surface area contributed by atoms with Gasteiger partial charge in [0.2, 0.25) is 0 Å². The van der Waals surface area contributed by atoms with Crippen molar-refractivity contribution in [3.05, 3.63) is 80.4 Å². The summed E-state index contributed by atoms with van der Waals surface area (Å²) in [6, 6.07) is 8.92. The van der Waals surface area contributed by atoms with Crippen LogP contribution in [0.2, 0.25) is 5.02 Å². The molecule has 0 aliphatic heterocycles. The molecule has 0 amide bonds. The van der Waals surface area contributed by atoms with E-state index in [1.165, 1.54) is 49.6 Å². The minimum absolute atomic E-state index is 0.0618. The lowest BCUT2D eigenvalue weighted by molar-refractivity contribution is -0.385. The Bertz CT molecular complexity index is 1040. The lowest BCUT2D eigenvalue weighted by Crippen LogP contribution is -2.44. The van der Waals surface area contributed by atoms with Crippen LogP contribution in [0.5, 0.6) is 0 Å². The van der Waals surface area contributed by atoms with Crippen molar-refractivity contribution in [1.29, 1.82) is 0 Å². The van der Waals surface area contributed by atoms with Crippen molar-refractivity contribution in [3.8, 4) is 0 Å². The molecule has 1 unspecified atom stereocenters. The Kier molecular flexibility index (Phi) is 9.06. The van der Waals surface area contributed by atoms with E-state index < -0.39 is 28.7 Å². The molecule has 0 radical (unpaired) electrons. The summed E-state index contributed by atoms with van der Waals surface area (Å²) in [6.07, 6.45) is 2.51. The molecule has 0 aromatic heterocycles. The van der Waals surface area contributed by atoms with Crippen LogP contribution < -0.4 is 5.32 Å². The summed E-state index contributed by atoms with van der Waals surface area (Å²) in [4.78, 5) is 47.4. The minimum Gasteiger partial charge on any atom is -0.466 e. The number of esters is 2. The molecule has 1 N–H and O–H groups in total. The van der Waals surface area contributed by atoms with Gasteiger partial charge in [0.25, 0.3) is 5.69 Å². The zero-order chi connectivity index (χ0) is 23.7. The van der Waals surface area contributed by atoms with Crippen LogP contribution in [0.25, 0.3) is 6.08 Å². The fourth-order valence-electron chi connectivity index (χ4n) is 2.74. The summed E-state index contributed by atoms with van der Waals surface area (Å²) in [5.41, 5.74) is 0.636. The van der Waals surface area contributed by atoms with Gasteiger partial charge in [0.1, 0.15) is 0 Å². The first kappa shape index (κ1) is 24.7. The Labute approximate surface area is 189 Å². The van der Waals surface area contributed by atoms with Gasteiger partial charge in [-0.1, -0.05) is 23.7 Å². The molecule has 0 bridgehead atoms. The normalized spacial score (nSPS) is 11.7. The number of ether oxygens (including phenoxy) is 2. The molecule has 9 nitrogen and oxygen atoms in total. The fraction of sp³-hybridized carbons (Fsp3) is 0.227. The molecule has 2 aromatic rings. The molecule has 0 saturated carbocycles. The molecule has 0 aliphatic rings. The maximum atomic E-state index is 12.9. The van der Waals surface area contributed by atoms with Crippen molar-refractivity contribution in [2.45, 2.75) is 19.5 Å². The number of nitro benzene ring substituents is 1. The van der Waals surface area contributed by atoms with Crippen molar-refractivity contribution in [1.82, 2.24) is 5.32 Å². The predicted molar refractivity (Wildman–Crippen MR) is 117 cm³/mol. The van der Waals surface area contributed by atoms with Crippen LogP contribution in [-0.2, 0) is 25.6 Å². The third kappa shape index (κ3) is 6.73. The van der Waals surface area contributed by atoms with E-state index in [-0.39, 0.29) is 30.0 Å². The molecule has 2 aromatic carbocycles. The average molecular weight is 461 g/mol. The summed E-state index contributed by atoms with van der Waals surface area (Å²) < 4.78 is 9.48. The summed E-state index contributed by atoms with van der Waals surface area (Å²) in [6.45, 7) is 1.51. The first-order valence-corrected chi connectivity index (χ1v) is 9.87. The minimum atomic E-state index is -1.37. The number of carbonyl (C=O) groups is 3. The number of nitro groups is 1. The molecule has 0 spiro atoms. The number of halogens is 1. The number of nitrogens with zero attached hydrogens (tertiary/aromatic N) is 1. The van der Waals surface area contributed by atoms with Gasteiger partial charge in [-0.05, 0) is 42.8 Å². The lowest BCUT2D eigenvalue weighted by atomic mass is 10.0. The molecule has 1 atom stereocenters. The third-order valence-corrected chi connectivity index (χ3v) is 4.58. The quantitative estimate of drug-likeness (QED) is 0.143. The van der Waals surface area contributed by atoms with Crippen molar-refractivity contribution < 1.29 is 28.8 Å². The van der Waals surface area contributed by atoms with Gasteiger partial charge >= 0.3 is 11.9 Å². The highest BCUT2D eigenvalue weighted by Gasteiger charge is 2.29. The number of hydrogen-bond donors (Lipinski definition) is 1. The Balaban J connectivity index is 2.27.